The number of aliphatic hydroxyl groups excluding tert-OH is 2. The fraction of sp³-hybridized carbons (Fsp3) is 0.800. The molecule has 1 saturated heterocycles. The quantitative estimate of drug-likeness (QED) is 0.764. The van der Waals surface area contributed by atoms with E-state index in [1.807, 2.05) is 0 Å². The Morgan fingerprint density at radius 2 is 1.64 bits per heavy atom. The van der Waals surface area contributed by atoms with Crippen molar-refractivity contribution in [2.75, 3.05) is 31.2 Å². The molecular formula is C20H31N3O4S. The molecule has 0 amide bonds. The number of piperidine rings is 1. The summed E-state index contributed by atoms with van der Waals surface area (Å²) in [6.45, 7) is 1.56. The second-order valence-corrected chi connectivity index (χ2v) is 10.7. The summed E-state index contributed by atoms with van der Waals surface area (Å²) >= 11 is 0. The average molecular weight is 410 g/mol. The first-order valence-corrected chi connectivity index (χ1v) is 12.4. The molecule has 3 heterocycles. The highest BCUT2D eigenvalue weighted by Crippen LogP contribution is 2.37. The predicted molar refractivity (Wildman–Crippen MR) is 107 cm³/mol. The topological polar surface area (TPSA) is 104 Å². The van der Waals surface area contributed by atoms with Gasteiger partial charge in [0.25, 0.3) is 0 Å². The molecule has 1 aromatic heterocycles. The number of nitrogens with zero attached hydrogens (tertiary/aromatic N) is 3. The third-order valence-electron chi connectivity index (χ3n) is 6.75. The number of aromatic nitrogens is 2. The summed E-state index contributed by atoms with van der Waals surface area (Å²) in [6, 6.07) is 0. The maximum absolute atomic E-state index is 12.3. The normalized spacial score (nSPS) is 23.3. The number of rotatable bonds is 5. The van der Waals surface area contributed by atoms with Gasteiger partial charge in [0, 0.05) is 43.7 Å². The maximum Gasteiger partial charge on any atom is 0.160 e. The molecule has 1 saturated carbocycles. The van der Waals surface area contributed by atoms with Crippen molar-refractivity contribution in [2.45, 2.75) is 62.4 Å². The minimum absolute atomic E-state index is 0.00808. The number of anilines is 1. The van der Waals surface area contributed by atoms with Gasteiger partial charge in [-0.25, -0.2) is 18.4 Å². The van der Waals surface area contributed by atoms with Crippen LogP contribution >= 0.6 is 0 Å². The SMILES string of the molecule is O=S1(=O)Cc2nc(C3CCCCC3)nc(N3CCC(C(CO)CO)CC3)c2C1. The van der Waals surface area contributed by atoms with Gasteiger partial charge in [-0.1, -0.05) is 19.3 Å². The lowest BCUT2D eigenvalue weighted by Gasteiger charge is -2.36. The van der Waals surface area contributed by atoms with E-state index in [1.165, 1.54) is 19.3 Å². The van der Waals surface area contributed by atoms with Gasteiger partial charge in [0.1, 0.15) is 11.6 Å². The molecule has 156 valence electrons. The zero-order chi connectivity index (χ0) is 19.7. The first kappa shape index (κ1) is 20.0. The Hall–Kier alpha value is -1.25. The molecule has 7 nitrogen and oxygen atoms in total. The Kier molecular flexibility index (Phi) is 5.90. The average Bonchev–Trinajstić information content (AvgIpc) is 3.03. The molecule has 2 fully saturated rings. The Bertz CT molecular complexity index is 796. The molecule has 0 spiro atoms. The van der Waals surface area contributed by atoms with E-state index in [0.29, 0.717) is 17.5 Å². The minimum atomic E-state index is -3.14. The lowest BCUT2D eigenvalue weighted by Crippen LogP contribution is -2.39. The number of hydrogen-bond acceptors (Lipinski definition) is 7. The van der Waals surface area contributed by atoms with E-state index in [2.05, 4.69) is 4.90 Å². The van der Waals surface area contributed by atoms with Crippen molar-refractivity contribution < 1.29 is 18.6 Å². The van der Waals surface area contributed by atoms with Crippen LogP contribution in [0.1, 0.15) is 67.9 Å². The predicted octanol–water partition coefficient (Wildman–Crippen LogP) is 1.77. The van der Waals surface area contributed by atoms with Gasteiger partial charge in [-0.05, 0) is 31.6 Å². The van der Waals surface area contributed by atoms with Crippen molar-refractivity contribution >= 4 is 15.7 Å². The van der Waals surface area contributed by atoms with E-state index in [0.717, 1.165) is 56.0 Å². The summed E-state index contributed by atoms with van der Waals surface area (Å²) in [5, 5.41) is 18.9. The van der Waals surface area contributed by atoms with Gasteiger partial charge < -0.3 is 15.1 Å². The number of aliphatic hydroxyl groups is 2. The fourth-order valence-electron chi connectivity index (χ4n) is 5.03. The summed E-state index contributed by atoms with van der Waals surface area (Å²) in [4.78, 5) is 11.8. The number of hydrogen-bond donors (Lipinski definition) is 2. The monoisotopic (exact) mass is 409 g/mol. The lowest BCUT2D eigenvalue weighted by molar-refractivity contribution is 0.0946. The van der Waals surface area contributed by atoms with E-state index in [-0.39, 0.29) is 30.6 Å². The van der Waals surface area contributed by atoms with Gasteiger partial charge in [-0.3, -0.25) is 0 Å². The Morgan fingerprint density at radius 1 is 0.964 bits per heavy atom. The van der Waals surface area contributed by atoms with Crippen LogP contribution in [0.15, 0.2) is 0 Å². The van der Waals surface area contributed by atoms with Crippen LogP contribution in [0.3, 0.4) is 0 Å². The van der Waals surface area contributed by atoms with Gasteiger partial charge in [0.05, 0.1) is 17.2 Å². The Balaban J connectivity index is 1.60. The highest BCUT2D eigenvalue weighted by molar-refractivity contribution is 7.90. The van der Waals surface area contributed by atoms with Crippen LogP contribution in [0.25, 0.3) is 0 Å². The van der Waals surface area contributed by atoms with E-state index in [9.17, 15) is 18.6 Å². The zero-order valence-electron chi connectivity index (χ0n) is 16.4. The maximum atomic E-state index is 12.3. The second-order valence-electron chi connectivity index (χ2n) is 8.65. The number of sulfone groups is 1. The fourth-order valence-corrected chi connectivity index (χ4v) is 6.52. The summed E-state index contributed by atoms with van der Waals surface area (Å²) in [5.74, 6) is 2.28. The van der Waals surface area contributed by atoms with Crippen LogP contribution in [0.5, 0.6) is 0 Å². The van der Waals surface area contributed by atoms with Gasteiger partial charge in [0.15, 0.2) is 9.84 Å². The van der Waals surface area contributed by atoms with Crippen molar-refractivity contribution in [1.29, 1.82) is 0 Å². The van der Waals surface area contributed by atoms with Crippen LogP contribution < -0.4 is 4.90 Å². The molecule has 0 aromatic carbocycles. The molecule has 2 aliphatic heterocycles. The van der Waals surface area contributed by atoms with E-state index in [1.54, 1.807) is 0 Å². The van der Waals surface area contributed by atoms with Crippen LogP contribution in [-0.2, 0) is 21.3 Å². The summed E-state index contributed by atoms with van der Waals surface area (Å²) in [6.07, 6.45) is 7.55. The largest absolute Gasteiger partial charge is 0.396 e. The first-order chi connectivity index (χ1) is 13.5. The summed E-state index contributed by atoms with van der Waals surface area (Å²) in [5.41, 5.74) is 1.50. The zero-order valence-corrected chi connectivity index (χ0v) is 17.2. The van der Waals surface area contributed by atoms with E-state index >= 15 is 0 Å². The second kappa shape index (κ2) is 8.24. The molecule has 0 bridgehead atoms. The highest BCUT2D eigenvalue weighted by Gasteiger charge is 2.35. The molecule has 8 heteroatoms. The van der Waals surface area contributed by atoms with Gasteiger partial charge in [-0.2, -0.15) is 0 Å². The summed E-state index contributed by atoms with van der Waals surface area (Å²) < 4.78 is 24.6. The first-order valence-electron chi connectivity index (χ1n) is 10.6. The van der Waals surface area contributed by atoms with Crippen molar-refractivity contribution in [3.05, 3.63) is 17.1 Å². The number of fused-ring (bicyclic) bond motifs is 1. The van der Waals surface area contributed by atoms with Gasteiger partial charge in [-0.15, -0.1) is 0 Å². The third kappa shape index (κ3) is 4.04. The minimum Gasteiger partial charge on any atom is -0.396 e. The van der Waals surface area contributed by atoms with Crippen molar-refractivity contribution in [3.63, 3.8) is 0 Å². The molecule has 2 N–H and O–H groups in total. The van der Waals surface area contributed by atoms with Crippen molar-refractivity contribution in [2.24, 2.45) is 11.8 Å². The molecule has 3 aliphatic rings. The van der Waals surface area contributed by atoms with Crippen LogP contribution in [0.4, 0.5) is 5.82 Å². The van der Waals surface area contributed by atoms with Gasteiger partial charge in [0.2, 0.25) is 0 Å². The molecular weight excluding hydrogens is 378 g/mol. The van der Waals surface area contributed by atoms with Crippen LogP contribution in [0.2, 0.25) is 0 Å². The lowest BCUT2D eigenvalue weighted by atomic mass is 9.85. The van der Waals surface area contributed by atoms with Gasteiger partial charge >= 0.3 is 0 Å². The highest BCUT2D eigenvalue weighted by atomic mass is 32.2. The third-order valence-corrected chi connectivity index (χ3v) is 8.20. The van der Waals surface area contributed by atoms with Crippen molar-refractivity contribution in [1.82, 2.24) is 9.97 Å². The van der Waals surface area contributed by atoms with Crippen LogP contribution in [0, 0.1) is 11.8 Å². The molecule has 1 aromatic rings. The smallest absolute Gasteiger partial charge is 0.160 e. The standard InChI is InChI=1S/C20H31N3O4S/c24-10-16(11-25)14-6-8-23(9-7-14)20-17-12-28(26,27)13-18(17)21-19(22-20)15-4-2-1-3-5-15/h14-16,24-25H,1-13H2. The van der Waals surface area contributed by atoms with Crippen LogP contribution in [-0.4, -0.2) is 54.9 Å². The van der Waals surface area contributed by atoms with Crippen molar-refractivity contribution in [3.8, 4) is 0 Å². The molecule has 0 unspecified atom stereocenters. The Morgan fingerprint density at radius 3 is 2.29 bits per heavy atom. The van der Waals surface area contributed by atoms with E-state index in [4.69, 9.17) is 9.97 Å². The summed E-state index contributed by atoms with van der Waals surface area (Å²) in [7, 11) is -3.14. The molecule has 0 radical (unpaired) electrons. The molecule has 28 heavy (non-hydrogen) atoms. The molecule has 0 atom stereocenters. The van der Waals surface area contributed by atoms with E-state index < -0.39 is 9.84 Å². The Labute approximate surface area is 167 Å². The molecule has 4 rings (SSSR count). The molecule has 1 aliphatic carbocycles.